The maximum absolute atomic E-state index is 12.2. The molecule has 0 aliphatic heterocycles. The van der Waals surface area contributed by atoms with Crippen LogP contribution in [0.5, 0.6) is 0 Å². The third-order valence-electron chi connectivity index (χ3n) is 3.87. The van der Waals surface area contributed by atoms with Crippen molar-refractivity contribution in [2.45, 2.75) is 37.5 Å². The van der Waals surface area contributed by atoms with Gasteiger partial charge in [0.05, 0.1) is 12.0 Å². The summed E-state index contributed by atoms with van der Waals surface area (Å²) in [6, 6.07) is 8.42. The second-order valence-electron chi connectivity index (χ2n) is 5.64. The third kappa shape index (κ3) is 3.85. The van der Waals surface area contributed by atoms with E-state index < -0.39 is 0 Å². The van der Waals surface area contributed by atoms with Crippen molar-refractivity contribution >= 4 is 39.3 Å². The molecule has 2 aromatic heterocycles. The normalized spacial score (nSPS) is 12.3. The summed E-state index contributed by atoms with van der Waals surface area (Å²) in [4.78, 5) is 22.0. The second-order valence-corrected chi connectivity index (χ2v) is 7.69. The Bertz CT molecular complexity index is 875. The van der Waals surface area contributed by atoms with Gasteiger partial charge >= 0.3 is 5.97 Å². The standard InChI is InChI=1S/C19H20N2O2S2/c1-4-15(19(22)23-5-2)25-18-16-14(10-24-17(16)20-11-21-18)13-8-6-12(3)7-9-13/h6-11,15H,4-5H2,1-3H3/t15-/m1/s1. The SMILES string of the molecule is CCOC(=O)[C@@H](CC)Sc1ncnc2scc(-c3ccc(C)cc3)c12. The van der Waals surface area contributed by atoms with Crippen LogP contribution in [0.25, 0.3) is 21.3 Å². The van der Waals surface area contributed by atoms with Gasteiger partial charge < -0.3 is 4.74 Å². The van der Waals surface area contributed by atoms with Gasteiger partial charge in [0.1, 0.15) is 21.4 Å². The molecule has 130 valence electrons. The van der Waals surface area contributed by atoms with Crippen molar-refractivity contribution in [2.75, 3.05) is 6.61 Å². The Morgan fingerprint density at radius 2 is 2.00 bits per heavy atom. The van der Waals surface area contributed by atoms with E-state index in [1.165, 1.54) is 17.3 Å². The quantitative estimate of drug-likeness (QED) is 0.342. The Morgan fingerprint density at radius 3 is 2.68 bits per heavy atom. The van der Waals surface area contributed by atoms with Crippen LogP contribution in [0.2, 0.25) is 0 Å². The summed E-state index contributed by atoms with van der Waals surface area (Å²) in [5.74, 6) is -0.186. The molecule has 1 atom stereocenters. The first-order valence-corrected chi connectivity index (χ1v) is 10.0. The number of esters is 1. The van der Waals surface area contributed by atoms with Crippen LogP contribution >= 0.6 is 23.1 Å². The van der Waals surface area contributed by atoms with Gasteiger partial charge in [-0.1, -0.05) is 48.5 Å². The number of benzene rings is 1. The Kier molecular flexibility index (Phi) is 5.71. The molecule has 0 fully saturated rings. The van der Waals surface area contributed by atoms with E-state index in [1.807, 2.05) is 13.8 Å². The van der Waals surface area contributed by atoms with Gasteiger partial charge in [0.2, 0.25) is 0 Å². The highest BCUT2D eigenvalue weighted by atomic mass is 32.2. The first-order chi connectivity index (χ1) is 12.1. The van der Waals surface area contributed by atoms with Crippen molar-refractivity contribution < 1.29 is 9.53 Å². The Labute approximate surface area is 155 Å². The number of rotatable bonds is 6. The van der Waals surface area contributed by atoms with Crippen LogP contribution in [0.3, 0.4) is 0 Å². The summed E-state index contributed by atoms with van der Waals surface area (Å²) in [6.45, 7) is 6.28. The van der Waals surface area contributed by atoms with E-state index in [9.17, 15) is 4.79 Å². The molecule has 4 nitrogen and oxygen atoms in total. The Morgan fingerprint density at radius 1 is 1.24 bits per heavy atom. The highest BCUT2D eigenvalue weighted by Gasteiger charge is 2.22. The van der Waals surface area contributed by atoms with Crippen LogP contribution in [-0.4, -0.2) is 27.8 Å². The zero-order valence-corrected chi connectivity index (χ0v) is 16.1. The van der Waals surface area contributed by atoms with E-state index in [0.717, 1.165) is 26.4 Å². The van der Waals surface area contributed by atoms with E-state index in [-0.39, 0.29) is 11.2 Å². The van der Waals surface area contributed by atoms with Gasteiger partial charge in [-0.15, -0.1) is 11.3 Å². The lowest BCUT2D eigenvalue weighted by Gasteiger charge is -2.13. The van der Waals surface area contributed by atoms with Crippen molar-refractivity contribution in [3.63, 3.8) is 0 Å². The molecule has 2 heterocycles. The number of aryl methyl sites for hydroxylation is 1. The van der Waals surface area contributed by atoms with E-state index in [1.54, 1.807) is 17.7 Å². The number of carbonyl (C=O) groups is 1. The summed E-state index contributed by atoms with van der Waals surface area (Å²) in [5.41, 5.74) is 3.47. The van der Waals surface area contributed by atoms with E-state index in [2.05, 4.69) is 46.5 Å². The van der Waals surface area contributed by atoms with E-state index >= 15 is 0 Å². The van der Waals surface area contributed by atoms with Crippen LogP contribution in [-0.2, 0) is 9.53 Å². The Balaban J connectivity index is 2.02. The lowest BCUT2D eigenvalue weighted by Crippen LogP contribution is -2.19. The maximum atomic E-state index is 12.2. The maximum Gasteiger partial charge on any atom is 0.319 e. The van der Waals surface area contributed by atoms with E-state index in [0.29, 0.717) is 13.0 Å². The molecule has 0 N–H and O–H groups in total. The smallest absolute Gasteiger partial charge is 0.319 e. The molecule has 0 saturated carbocycles. The topological polar surface area (TPSA) is 52.1 Å². The molecule has 1 aromatic carbocycles. The first-order valence-electron chi connectivity index (χ1n) is 8.26. The number of thiophene rings is 1. The molecule has 0 unspecified atom stereocenters. The van der Waals surface area contributed by atoms with Gasteiger partial charge in [0, 0.05) is 10.9 Å². The molecular weight excluding hydrogens is 352 g/mol. The van der Waals surface area contributed by atoms with Crippen LogP contribution in [0.4, 0.5) is 0 Å². The van der Waals surface area contributed by atoms with Gasteiger partial charge in [-0.3, -0.25) is 4.79 Å². The molecule has 6 heteroatoms. The number of hydrogen-bond acceptors (Lipinski definition) is 6. The lowest BCUT2D eigenvalue weighted by atomic mass is 10.1. The minimum absolute atomic E-state index is 0.186. The zero-order valence-electron chi connectivity index (χ0n) is 14.5. The highest BCUT2D eigenvalue weighted by molar-refractivity contribution is 8.00. The number of ether oxygens (including phenoxy) is 1. The summed E-state index contributed by atoms with van der Waals surface area (Å²) < 4.78 is 5.19. The van der Waals surface area contributed by atoms with Crippen molar-refractivity contribution in [1.29, 1.82) is 0 Å². The highest BCUT2D eigenvalue weighted by Crippen LogP contribution is 2.39. The predicted octanol–water partition coefficient (Wildman–Crippen LogP) is 5.10. The van der Waals surface area contributed by atoms with Gasteiger partial charge in [-0.25, -0.2) is 9.97 Å². The number of carbonyl (C=O) groups excluding carboxylic acids is 1. The summed E-state index contributed by atoms with van der Waals surface area (Å²) in [5, 5.41) is 3.70. The fraction of sp³-hybridized carbons (Fsp3) is 0.316. The summed E-state index contributed by atoms with van der Waals surface area (Å²) in [7, 11) is 0. The summed E-state index contributed by atoms with van der Waals surface area (Å²) >= 11 is 3.06. The number of nitrogens with zero attached hydrogens (tertiary/aromatic N) is 2. The van der Waals surface area contributed by atoms with E-state index in [4.69, 9.17) is 4.74 Å². The average Bonchev–Trinajstić information content (AvgIpc) is 3.05. The molecule has 25 heavy (non-hydrogen) atoms. The number of hydrogen-bond donors (Lipinski definition) is 0. The van der Waals surface area contributed by atoms with Crippen molar-refractivity contribution in [3.05, 3.63) is 41.5 Å². The molecule has 0 aliphatic carbocycles. The van der Waals surface area contributed by atoms with Crippen molar-refractivity contribution in [3.8, 4) is 11.1 Å². The van der Waals surface area contributed by atoms with Crippen molar-refractivity contribution in [1.82, 2.24) is 9.97 Å². The molecule has 3 aromatic rings. The number of fused-ring (bicyclic) bond motifs is 1. The molecule has 0 saturated heterocycles. The monoisotopic (exact) mass is 372 g/mol. The third-order valence-corrected chi connectivity index (χ3v) is 6.10. The molecule has 0 aliphatic rings. The first kappa shape index (κ1) is 17.9. The predicted molar refractivity (Wildman–Crippen MR) is 104 cm³/mol. The fourth-order valence-corrected chi connectivity index (χ4v) is 4.56. The minimum atomic E-state index is -0.260. The summed E-state index contributed by atoms with van der Waals surface area (Å²) in [6.07, 6.45) is 2.26. The van der Waals surface area contributed by atoms with Gasteiger partial charge in [-0.2, -0.15) is 0 Å². The molecular formula is C19H20N2O2S2. The molecule has 0 amide bonds. The molecule has 3 rings (SSSR count). The minimum Gasteiger partial charge on any atom is -0.465 e. The number of aromatic nitrogens is 2. The van der Waals surface area contributed by atoms with Crippen LogP contribution in [0.15, 0.2) is 41.0 Å². The zero-order chi connectivity index (χ0) is 17.8. The van der Waals surface area contributed by atoms with Gasteiger partial charge in [-0.05, 0) is 25.8 Å². The largest absolute Gasteiger partial charge is 0.465 e. The second kappa shape index (κ2) is 7.97. The number of thioether (sulfide) groups is 1. The van der Waals surface area contributed by atoms with Gasteiger partial charge in [0.15, 0.2) is 0 Å². The molecule has 0 bridgehead atoms. The van der Waals surface area contributed by atoms with Crippen LogP contribution < -0.4 is 0 Å². The lowest BCUT2D eigenvalue weighted by molar-refractivity contribution is -0.142. The molecule has 0 radical (unpaired) electrons. The van der Waals surface area contributed by atoms with Crippen LogP contribution in [0.1, 0.15) is 25.8 Å². The van der Waals surface area contributed by atoms with Crippen molar-refractivity contribution in [2.24, 2.45) is 0 Å². The fourth-order valence-electron chi connectivity index (χ4n) is 2.55. The van der Waals surface area contributed by atoms with Crippen LogP contribution in [0, 0.1) is 6.92 Å². The average molecular weight is 373 g/mol. The molecule has 0 spiro atoms. The van der Waals surface area contributed by atoms with Gasteiger partial charge in [0.25, 0.3) is 0 Å². The Hall–Kier alpha value is -1.92.